The molecule has 7 heteroatoms. The third kappa shape index (κ3) is 4.65. The molecule has 2 amide bonds. The second-order valence-electron chi connectivity index (χ2n) is 6.34. The largest absolute Gasteiger partial charge is 0.351 e. The lowest BCUT2D eigenvalue weighted by Gasteiger charge is -2.17. The van der Waals surface area contributed by atoms with Crippen LogP contribution in [0.2, 0.25) is 0 Å². The Hall–Kier alpha value is -2.70. The standard InChI is InChI=1S/C18H21FN4O2/c1-13-5-7-23(21-13)8-6-17(24)20-16-10-18(25)22(12-16)11-14-3-2-4-15(19)9-14/h2-5,7,9,16H,6,8,10-12H2,1H3,(H,20,24)/t16-/m0/s1. The SMILES string of the molecule is Cc1ccn(CCC(=O)N[C@H]2CC(=O)N(Cc3cccc(F)c3)C2)n1. The van der Waals surface area contributed by atoms with Gasteiger partial charge in [-0.3, -0.25) is 14.3 Å². The Bertz CT molecular complexity index is 774. The van der Waals surface area contributed by atoms with Crippen molar-refractivity contribution in [3.63, 3.8) is 0 Å². The molecule has 1 aliphatic rings. The number of carbonyl (C=O) groups excluding carboxylic acids is 2. The van der Waals surface area contributed by atoms with E-state index >= 15 is 0 Å². The lowest BCUT2D eigenvalue weighted by molar-refractivity contribution is -0.128. The van der Waals surface area contributed by atoms with E-state index in [1.807, 2.05) is 19.2 Å². The molecule has 1 aliphatic heterocycles. The molecule has 1 aromatic carbocycles. The monoisotopic (exact) mass is 344 g/mol. The van der Waals surface area contributed by atoms with E-state index in [2.05, 4.69) is 10.4 Å². The van der Waals surface area contributed by atoms with E-state index in [1.54, 1.807) is 21.7 Å². The van der Waals surface area contributed by atoms with E-state index in [-0.39, 0.29) is 30.1 Å². The first kappa shape index (κ1) is 17.1. The van der Waals surface area contributed by atoms with Crippen molar-refractivity contribution in [1.29, 1.82) is 0 Å². The zero-order valence-corrected chi connectivity index (χ0v) is 14.1. The second kappa shape index (κ2) is 7.46. The first-order chi connectivity index (χ1) is 12.0. The molecule has 0 spiro atoms. The van der Waals surface area contributed by atoms with Crippen molar-refractivity contribution in [2.24, 2.45) is 0 Å². The maximum atomic E-state index is 13.2. The summed E-state index contributed by atoms with van der Waals surface area (Å²) in [4.78, 5) is 25.8. The molecule has 0 aliphatic carbocycles. The van der Waals surface area contributed by atoms with Crippen molar-refractivity contribution in [1.82, 2.24) is 20.0 Å². The van der Waals surface area contributed by atoms with Gasteiger partial charge in [-0.25, -0.2) is 4.39 Å². The first-order valence-electron chi connectivity index (χ1n) is 8.31. The van der Waals surface area contributed by atoms with E-state index in [0.29, 0.717) is 26.1 Å². The minimum absolute atomic E-state index is 0.0303. The van der Waals surface area contributed by atoms with Gasteiger partial charge in [0.25, 0.3) is 0 Å². The molecule has 1 aromatic heterocycles. The molecule has 1 N–H and O–H groups in total. The summed E-state index contributed by atoms with van der Waals surface area (Å²) < 4.78 is 15.0. The Morgan fingerprint density at radius 1 is 1.40 bits per heavy atom. The molecule has 132 valence electrons. The van der Waals surface area contributed by atoms with E-state index in [4.69, 9.17) is 0 Å². The number of aryl methyl sites for hydroxylation is 2. The summed E-state index contributed by atoms with van der Waals surface area (Å²) in [7, 11) is 0. The number of aromatic nitrogens is 2. The quantitative estimate of drug-likeness (QED) is 0.866. The number of benzene rings is 1. The summed E-state index contributed by atoms with van der Waals surface area (Å²) in [5, 5.41) is 7.13. The van der Waals surface area contributed by atoms with E-state index < -0.39 is 0 Å². The Morgan fingerprint density at radius 3 is 2.96 bits per heavy atom. The molecule has 3 rings (SSSR count). The average Bonchev–Trinajstić information content (AvgIpc) is 3.11. The first-order valence-corrected chi connectivity index (χ1v) is 8.31. The number of amides is 2. The van der Waals surface area contributed by atoms with Crippen LogP contribution in [0.15, 0.2) is 36.5 Å². The highest BCUT2D eigenvalue weighted by atomic mass is 19.1. The normalized spacial score (nSPS) is 17.1. The molecule has 1 fully saturated rings. The molecule has 6 nitrogen and oxygen atoms in total. The minimum atomic E-state index is -0.317. The third-order valence-corrected chi connectivity index (χ3v) is 4.18. The summed E-state index contributed by atoms with van der Waals surface area (Å²) >= 11 is 0. The minimum Gasteiger partial charge on any atom is -0.351 e. The molecule has 0 unspecified atom stereocenters. The topological polar surface area (TPSA) is 67.2 Å². The number of rotatable bonds is 6. The summed E-state index contributed by atoms with van der Waals surface area (Å²) in [6.07, 6.45) is 2.43. The molecule has 2 heterocycles. The average molecular weight is 344 g/mol. The Balaban J connectivity index is 1.47. The van der Waals surface area contributed by atoms with Crippen LogP contribution in [-0.2, 0) is 22.7 Å². The van der Waals surface area contributed by atoms with Crippen LogP contribution in [0.3, 0.4) is 0 Å². The van der Waals surface area contributed by atoms with Crippen LogP contribution in [0.25, 0.3) is 0 Å². The van der Waals surface area contributed by atoms with Gasteiger partial charge in [0.2, 0.25) is 11.8 Å². The van der Waals surface area contributed by atoms with Crippen LogP contribution in [0.5, 0.6) is 0 Å². The summed E-state index contributed by atoms with van der Waals surface area (Å²) in [5.41, 5.74) is 1.66. The van der Waals surface area contributed by atoms with Gasteiger partial charge in [0, 0.05) is 38.7 Å². The predicted molar refractivity (Wildman–Crippen MR) is 89.9 cm³/mol. The number of hydrogen-bond acceptors (Lipinski definition) is 3. The lowest BCUT2D eigenvalue weighted by atomic mass is 10.2. The lowest BCUT2D eigenvalue weighted by Crippen LogP contribution is -2.37. The molecular weight excluding hydrogens is 323 g/mol. The number of nitrogens with one attached hydrogen (secondary N) is 1. The Kier molecular flexibility index (Phi) is 5.11. The van der Waals surface area contributed by atoms with Crippen molar-refractivity contribution in [2.45, 2.75) is 38.9 Å². The Morgan fingerprint density at radius 2 is 2.24 bits per heavy atom. The van der Waals surface area contributed by atoms with Crippen LogP contribution in [0.1, 0.15) is 24.1 Å². The highest BCUT2D eigenvalue weighted by Crippen LogP contribution is 2.16. The van der Waals surface area contributed by atoms with Crippen molar-refractivity contribution in [3.05, 3.63) is 53.6 Å². The number of hydrogen-bond donors (Lipinski definition) is 1. The van der Waals surface area contributed by atoms with Crippen LogP contribution < -0.4 is 5.32 Å². The highest BCUT2D eigenvalue weighted by Gasteiger charge is 2.30. The van der Waals surface area contributed by atoms with Gasteiger partial charge in [0.15, 0.2) is 0 Å². The fourth-order valence-corrected chi connectivity index (χ4v) is 2.98. The zero-order chi connectivity index (χ0) is 17.8. The molecule has 1 atom stereocenters. The van der Waals surface area contributed by atoms with Crippen LogP contribution in [-0.4, -0.2) is 39.1 Å². The number of nitrogens with zero attached hydrogens (tertiary/aromatic N) is 3. The van der Waals surface area contributed by atoms with Crippen molar-refractivity contribution in [2.75, 3.05) is 6.54 Å². The highest BCUT2D eigenvalue weighted by molar-refractivity contribution is 5.82. The molecule has 0 radical (unpaired) electrons. The molecule has 25 heavy (non-hydrogen) atoms. The van der Waals surface area contributed by atoms with Crippen molar-refractivity contribution in [3.8, 4) is 0 Å². The number of halogens is 1. The summed E-state index contributed by atoms with van der Waals surface area (Å²) in [6.45, 7) is 3.21. The van der Waals surface area contributed by atoms with Gasteiger partial charge in [-0.15, -0.1) is 0 Å². The molecular formula is C18H21FN4O2. The maximum absolute atomic E-state index is 13.2. The van der Waals surface area contributed by atoms with Crippen molar-refractivity contribution < 1.29 is 14.0 Å². The molecule has 2 aromatic rings. The van der Waals surface area contributed by atoms with Gasteiger partial charge in [0.05, 0.1) is 11.7 Å². The summed E-state index contributed by atoms with van der Waals surface area (Å²) in [5.74, 6) is -0.446. The van der Waals surface area contributed by atoms with Gasteiger partial charge < -0.3 is 10.2 Å². The molecule has 0 saturated carbocycles. The number of carbonyl (C=O) groups is 2. The van der Waals surface area contributed by atoms with E-state index in [0.717, 1.165) is 11.3 Å². The van der Waals surface area contributed by atoms with E-state index in [9.17, 15) is 14.0 Å². The van der Waals surface area contributed by atoms with Crippen LogP contribution >= 0.6 is 0 Å². The van der Waals surface area contributed by atoms with Gasteiger partial charge in [-0.05, 0) is 30.7 Å². The predicted octanol–water partition coefficient (Wildman–Crippen LogP) is 1.64. The summed E-state index contributed by atoms with van der Waals surface area (Å²) in [6, 6.07) is 7.89. The number of likely N-dealkylation sites (tertiary alicyclic amines) is 1. The van der Waals surface area contributed by atoms with Crippen LogP contribution in [0.4, 0.5) is 4.39 Å². The van der Waals surface area contributed by atoms with Crippen molar-refractivity contribution >= 4 is 11.8 Å². The van der Waals surface area contributed by atoms with Gasteiger partial charge >= 0.3 is 0 Å². The smallest absolute Gasteiger partial charge is 0.225 e. The van der Waals surface area contributed by atoms with Gasteiger partial charge in [-0.1, -0.05) is 12.1 Å². The second-order valence-corrected chi connectivity index (χ2v) is 6.34. The third-order valence-electron chi connectivity index (χ3n) is 4.18. The van der Waals surface area contributed by atoms with Gasteiger partial charge in [-0.2, -0.15) is 5.10 Å². The fourth-order valence-electron chi connectivity index (χ4n) is 2.98. The fraction of sp³-hybridized carbons (Fsp3) is 0.389. The molecule has 1 saturated heterocycles. The van der Waals surface area contributed by atoms with Gasteiger partial charge in [0.1, 0.15) is 5.82 Å². The van der Waals surface area contributed by atoms with E-state index in [1.165, 1.54) is 12.1 Å². The Labute approximate surface area is 145 Å². The maximum Gasteiger partial charge on any atom is 0.225 e. The van der Waals surface area contributed by atoms with Crippen LogP contribution in [0, 0.1) is 12.7 Å². The zero-order valence-electron chi connectivity index (χ0n) is 14.1. The molecule has 0 bridgehead atoms.